The minimum atomic E-state index is -0.506. The van der Waals surface area contributed by atoms with Crippen molar-refractivity contribution in [1.82, 2.24) is 0 Å². The number of hydrogen-bond donors (Lipinski definition) is 0. The monoisotopic (exact) mass is 356 g/mol. The summed E-state index contributed by atoms with van der Waals surface area (Å²) in [5, 5.41) is 0. The Morgan fingerprint density at radius 1 is 0.846 bits per heavy atom. The number of hydrogen-bond acceptors (Lipinski definition) is 3. The maximum Gasteiger partial charge on any atom is 0.239 e. The van der Waals surface area contributed by atoms with E-state index in [0.717, 1.165) is 12.2 Å². The van der Waals surface area contributed by atoms with E-state index < -0.39 is 6.29 Å². The van der Waals surface area contributed by atoms with E-state index in [-0.39, 0.29) is 5.41 Å². The molecule has 26 heavy (non-hydrogen) atoms. The molecule has 0 aliphatic rings. The first kappa shape index (κ1) is 20.3. The van der Waals surface area contributed by atoms with Gasteiger partial charge in [-0.25, -0.2) is 0 Å². The van der Waals surface area contributed by atoms with Gasteiger partial charge in [-0.05, 0) is 47.1 Å². The molecule has 3 heteroatoms. The van der Waals surface area contributed by atoms with Crippen molar-refractivity contribution in [3.05, 3.63) is 60.2 Å². The Balaban J connectivity index is 1.97. The van der Waals surface area contributed by atoms with Crippen LogP contribution in [0.1, 0.15) is 59.4 Å². The zero-order chi connectivity index (χ0) is 19.2. The summed E-state index contributed by atoms with van der Waals surface area (Å²) < 4.78 is 5.80. The molecule has 0 heterocycles. The Kier molecular flexibility index (Phi) is 7.10. The van der Waals surface area contributed by atoms with Crippen LogP contribution < -0.4 is 9.62 Å². The molecule has 0 aromatic heterocycles. The highest BCUT2D eigenvalue weighted by Crippen LogP contribution is 2.43. The fourth-order valence-corrected chi connectivity index (χ4v) is 3.52. The lowest BCUT2D eigenvalue weighted by Gasteiger charge is -2.37. The van der Waals surface area contributed by atoms with Crippen LogP contribution in [0.4, 0.5) is 0 Å². The molecule has 0 aliphatic carbocycles. The first-order valence-electron chi connectivity index (χ1n) is 9.48. The summed E-state index contributed by atoms with van der Waals surface area (Å²) in [6.07, 6.45) is 0.643. The first-order valence-corrected chi connectivity index (χ1v) is 9.48. The van der Waals surface area contributed by atoms with E-state index in [0.29, 0.717) is 17.6 Å². The minimum absolute atomic E-state index is 0.260. The van der Waals surface area contributed by atoms with Crippen LogP contribution in [0.25, 0.3) is 0 Å². The molecule has 0 spiro atoms. The van der Waals surface area contributed by atoms with Gasteiger partial charge < -0.3 is 9.62 Å². The highest BCUT2D eigenvalue weighted by molar-refractivity contribution is 5.31. The van der Waals surface area contributed by atoms with Crippen LogP contribution in [0, 0.1) is 11.3 Å². The van der Waals surface area contributed by atoms with E-state index in [1.807, 2.05) is 49.4 Å². The van der Waals surface area contributed by atoms with Gasteiger partial charge in [-0.15, -0.1) is 4.89 Å². The summed E-state index contributed by atoms with van der Waals surface area (Å²) in [7, 11) is 0. The minimum Gasteiger partial charge on any atom is -0.461 e. The van der Waals surface area contributed by atoms with Crippen LogP contribution in [-0.2, 0) is 4.89 Å². The van der Waals surface area contributed by atoms with Gasteiger partial charge in [0, 0.05) is 6.92 Å². The molecule has 2 unspecified atom stereocenters. The van der Waals surface area contributed by atoms with Gasteiger partial charge >= 0.3 is 0 Å². The van der Waals surface area contributed by atoms with Crippen molar-refractivity contribution in [2.45, 2.75) is 60.2 Å². The summed E-state index contributed by atoms with van der Waals surface area (Å²) in [4.78, 5) is 10.6. The van der Waals surface area contributed by atoms with Crippen LogP contribution in [0.3, 0.4) is 0 Å². The SMILES string of the molecule is CCC(C)(C)C(c1ccc(OC(C)OOc2ccccc2)cc1)C(C)C. The van der Waals surface area contributed by atoms with E-state index in [1.54, 1.807) is 0 Å². The zero-order valence-corrected chi connectivity index (χ0v) is 16.9. The van der Waals surface area contributed by atoms with Crippen LogP contribution >= 0.6 is 0 Å². The molecule has 2 aromatic carbocycles. The van der Waals surface area contributed by atoms with Crippen molar-refractivity contribution < 1.29 is 14.5 Å². The van der Waals surface area contributed by atoms with Gasteiger partial charge in [0.25, 0.3) is 0 Å². The predicted octanol–water partition coefficient (Wildman–Crippen LogP) is 6.60. The lowest BCUT2D eigenvalue weighted by atomic mass is 9.68. The van der Waals surface area contributed by atoms with Crippen molar-refractivity contribution >= 4 is 0 Å². The Hall–Kier alpha value is -2.00. The highest BCUT2D eigenvalue weighted by Gasteiger charge is 2.31. The van der Waals surface area contributed by atoms with Crippen LogP contribution in [-0.4, -0.2) is 6.29 Å². The Morgan fingerprint density at radius 3 is 2.00 bits per heavy atom. The molecule has 0 N–H and O–H groups in total. The van der Waals surface area contributed by atoms with Crippen LogP contribution in [0.2, 0.25) is 0 Å². The Morgan fingerprint density at radius 2 is 1.46 bits per heavy atom. The quantitative estimate of drug-likeness (QED) is 0.288. The third-order valence-electron chi connectivity index (χ3n) is 4.98. The molecule has 142 valence electrons. The summed E-state index contributed by atoms with van der Waals surface area (Å²) in [5.74, 6) is 2.52. The fourth-order valence-electron chi connectivity index (χ4n) is 3.52. The van der Waals surface area contributed by atoms with Crippen molar-refractivity contribution in [3.8, 4) is 11.5 Å². The first-order chi connectivity index (χ1) is 12.3. The average molecular weight is 357 g/mol. The van der Waals surface area contributed by atoms with Gasteiger partial charge in [-0.2, -0.15) is 0 Å². The van der Waals surface area contributed by atoms with Gasteiger partial charge in [0.2, 0.25) is 6.29 Å². The topological polar surface area (TPSA) is 27.7 Å². The molecule has 0 bridgehead atoms. The maximum absolute atomic E-state index is 5.80. The van der Waals surface area contributed by atoms with Crippen molar-refractivity contribution in [1.29, 1.82) is 0 Å². The number of ether oxygens (including phenoxy) is 1. The molecule has 2 rings (SSSR count). The molecule has 0 saturated carbocycles. The molecular weight excluding hydrogens is 324 g/mol. The Labute approximate surface area is 158 Å². The second-order valence-corrected chi connectivity index (χ2v) is 7.81. The van der Waals surface area contributed by atoms with Crippen LogP contribution in [0.5, 0.6) is 11.5 Å². The molecule has 2 aromatic rings. The molecule has 0 amide bonds. The van der Waals surface area contributed by atoms with Gasteiger partial charge in [-0.3, -0.25) is 0 Å². The van der Waals surface area contributed by atoms with E-state index in [9.17, 15) is 0 Å². The summed E-state index contributed by atoms with van der Waals surface area (Å²) >= 11 is 0. The second kappa shape index (κ2) is 9.09. The van der Waals surface area contributed by atoms with E-state index in [2.05, 4.69) is 46.8 Å². The van der Waals surface area contributed by atoms with Crippen molar-refractivity contribution in [2.24, 2.45) is 11.3 Å². The highest BCUT2D eigenvalue weighted by atomic mass is 17.2. The van der Waals surface area contributed by atoms with E-state index >= 15 is 0 Å². The molecule has 0 saturated heterocycles. The normalized spacial score (nSPS) is 14.1. The van der Waals surface area contributed by atoms with Crippen LogP contribution in [0.15, 0.2) is 54.6 Å². The largest absolute Gasteiger partial charge is 0.461 e. The smallest absolute Gasteiger partial charge is 0.239 e. The molecule has 3 nitrogen and oxygen atoms in total. The lowest BCUT2D eigenvalue weighted by molar-refractivity contribution is -0.289. The van der Waals surface area contributed by atoms with Gasteiger partial charge in [0.05, 0.1) is 0 Å². The van der Waals surface area contributed by atoms with Crippen molar-refractivity contribution in [2.75, 3.05) is 0 Å². The molecule has 0 radical (unpaired) electrons. The molecule has 0 aliphatic heterocycles. The van der Waals surface area contributed by atoms with Crippen molar-refractivity contribution in [3.63, 3.8) is 0 Å². The number of rotatable bonds is 9. The molecule has 2 atom stereocenters. The van der Waals surface area contributed by atoms with E-state index in [1.165, 1.54) is 5.56 Å². The second-order valence-electron chi connectivity index (χ2n) is 7.81. The lowest BCUT2D eigenvalue weighted by Crippen LogP contribution is -2.25. The fraction of sp³-hybridized carbons (Fsp3) is 0.478. The Bertz CT molecular complexity index is 647. The van der Waals surface area contributed by atoms with E-state index in [4.69, 9.17) is 14.5 Å². The van der Waals surface area contributed by atoms with Gasteiger partial charge in [0.1, 0.15) is 5.75 Å². The summed E-state index contributed by atoms with van der Waals surface area (Å²) in [6.45, 7) is 13.4. The summed E-state index contributed by atoms with van der Waals surface area (Å²) in [5.41, 5.74) is 1.62. The zero-order valence-electron chi connectivity index (χ0n) is 16.9. The van der Waals surface area contributed by atoms with Gasteiger partial charge in [-0.1, -0.05) is 71.4 Å². The predicted molar refractivity (Wildman–Crippen MR) is 106 cm³/mol. The standard InChI is InChI=1S/C23H32O3/c1-7-23(5,6)22(17(2)3)19-13-15-20(16-14-19)24-18(4)25-26-21-11-9-8-10-12-21/h8-18,22H,7H2,1-6H3. The maximum atomic E-state index is 5.80. The third-order valence-corrected chi connectivity index (χ3v) is 4.98. The van der Waals surface area contributed by atoms with Gasteiger partial charge in [0.15, 0.2) is 5.75 Å². The number of para-hydroxylation sites is 1. The summed E-state index contributed by atoms with van der Waals surface area (Å²) in [6, 6.07) is 17.8. The molecular formula is C23H32O3. The number of benzene rings is 2. The molecule has 0 fully saturated rings. The average Bonchev–Trinajstić information content (AvgIpc) is 2.62. The third kappa shape index (κ3) is 5.50.